The Bertz CT molecular complexity index is 1170. The van der Waals surface area contributed by atoms with Crippen LogP contribution in [-0.4, -0.2) is 84.2 Å². The Labute approximate surface area is 221 Å². The average Bonchev–Trinajstić information content (AvgIpc) is 3.36. The van der Waals surface area contributed by atoms with E-state index in [0.717, 1.165) is 24.6 Å². The van der Waals surface area contributed by atoms with Crippen LogP contribution in [-0.2, 0) is 9.53 Å². The minimum absolute atomic E-state index is 0.0785. The lowest BCUT2D eigenvalue weighted by molar-refractivity contribution is -0.129. The first-order valence-electron chi connectivity index (χ1n) is 12.8. The molecule has 2 aliphatic heterocycles. The molecule has 0 bridgehead atoms. The number of nitrogens with zero attached hydrogens (tertiary/aromatic N) is 3. The van der Waals surface area contributed by atoms with Gasteiger partial charge >= 0.3 is 0 Å². The van der Waals surface area contributed by atoms with Crippen LogP contribution in [0.25, 0.3) is 0 Å². The van der Waals surface area contributed by atoms with Crippen LogP contribution < -0.4 is 9.47 Å². The number of amides is 1. The van der Waals surface area contributed by atoms with Gasteiger partial charge in [0.05, 0.1) is 53.6 Å². The molecule has 1 saturated heterocycles. The highest BCUT2D eigenvalue weighted by atomic mass is 32.1. The number of aryl methyl sites for hydroxylation is 2. The molecule has 2 aromatic rings. The van der Waals surface area contributed by atoms with Crippen LogP contribution in [0.1, 0.15) is 52.2 Å². The Hall–Kier alpha value is -2.95. The number of aromatic nitrogens is 1. The number of rotatable bonds is 11. The second kappa shape index (κ2) is 12.1. The number of aliphatic hydroxyl groups is 1. The van der Waals surface area contributed by atoms with Gasteiger partial charge in [0.1, 0.15) is 0 Å². The fourth-order valence-electron chi connectivity index (χ4n) is 4.85. The van der Waals surface area contributed by atoms with Gasteiger partial charge in [-0.05, 0) is 51.8 Å². The predicted molar refractivity (Wildman–Crippen MR) is 141 cm³/mol. The molecule has 10 heteroatoms. The largest absolute Gasteiger partial charge is 0.503 e. The zero-order valence-corrected chi connectivity index (χ0v) is 22.7. The van der Waals surface area contributed by atoms with E-state index in [1.807, 2.05) is 26.8 Å². The van der Waals surface area contributed by atoms with Crippen LogP contribution in [0.15, 0.2) is 29.5 Å². The van der Waals surface area contributed by atoms with Crippen molar-refractivity contribution in [2.75, 3.05) is 52.6 Å². The molecule has 37 heavy (non-hydrogen) atoms. The van der Waals surface area contributed by atoms with Crippen molar-refractivity contribution in [2.45, 2.75) is 40.2 Å². The van der Waals surface area contributed by atoms with E-state index in [1.54, 1.807) is 24.0 Å². The highest BCUT2D eigenvalue weighted by Crippen LogP contribution is 2.42. The van der Waals surface area contributed by atoms with Gasteiger partial charge in [0.15, 0.2) is 17.3 Å². The quantitative estimate of drug-likeness (QED) is 0.438. The summed E-state index contributed by atoms with van der Waals surface area (Å²) in [6.45, 7) is 12.6. The molecule has 0 saturated carbocycles. The Balaban J connectivity index is 1.70. The molecule has 1 aromatic carbocycles. The fraction of sp³-hybridized carbons (Fsp3) is 0.519. The lowest BCUT2D eigenvalue weighted by Crippen LogP contribution is -2.39. The van der Waals surface area contributed by atoms with Gasteiger partial charge in [0.2, 0.25) is 5.78 Å². The second-order valence-corrected chi connectivity index (χ2v) is 10.2. The third kappa shape index (κ3) is 5.81. The van der Waals surface area contributed by atoms with Gasteiger partial charge in [0, 0.05) is 26.2 Å². The van der Waals surface area contributed by atoms with Crippen molar-refractivity contribution in [1.29, 1.82) is 0 Å². The summed E-state index contributed by atoms with van der Waals surface area (Å²) in [6, 6.07) is 4.68. The number of carbonyl (C=O) groups excluding carboxylic acids is 2. The van der Waals surface area contributed by atoms with Gasteiger partial charge in [-0.15, -0.1) is 11.3 Å². The number of hydrogen-bond donors (Lipinski definition) is 1. The molecule has 1 N–H and O–H groups in total. The summed E-state index contributed by atoms with van der Waals surface area (Å²) in [5.74, 6) is -0.293. The molecule has 0 radical (unpaired) electrons. The number of morpholine rings is 1. The van der Waals surface area contributed by atoms with Crippen molar-refractivity contribution in [3.8, 4) is 11.5 Å². The van der Waals surface area contributed by atoms with Crippen LogP contribution >= 0.6 is 11.3 Å². The summed E-state index contributed by atoms with van der Waals surface area (Å²) in [4.78, 5) is 35.8. The van der Waals surface area contributed by atoms with Gasteiger partial charge in [-0.3, -0.25) is 14.5 Å². The molecule has 0 aliphatic carbocycles. The molecule has 1 fully saturated rings. The van der Waals surface area contributed by atoms with Gasteiger partial charge < -0.3 is 24.2 Å². The molecule has 1 atom stereocenters. The SMILES string of the molecule is CCOc1ccc(C2C(C(=O)c3sc(C)nc3C)=C(O)C(=O)N2CCCN2CCOCC2)cc1OCC. The molecule has 1 amide bonds. The molecule has 1 aromatic heterocycles. The number of ether oxygens (including phenoxy) is 3. The van der Waals surface area contributed by atoms with Gasteiger partial charge in [-0.25, -0.2) is 4.98 Å². The lowest BCUT2D eigenvalue weighted by Gasteiger charge is -2.30. The van der Waals surface area contributed by atoms with E-state index in [9.17, 15) is 14.7 Å². The molecule has 200 valence electrons. The number of carbonyl (C=O) groups is 2. The molecule has 9 nitrogen and oxygen atoms in total. The maximum Gasteiger partial charge on any atom is 0.290 e. The number of benzene rings is 1. The number of Topliss-reactive ketones (excluding diaryl/α,β-unsaturated/α-hetero) is 1. The predicted octanol–water partition coefficient (Wildman–Crippen LogP) is 3.86. The summed E-state index contributed by atoms with van der Waals surface area (Å²) < 4.78 is 17.0. The van der Waals surface area contributed by atoms with Gasteiger partial charge in [0.25, 0.3) is 5.91 Å². The van der Waals surface area contributed by atoms with Crippen molar-refractivity contribution in [3.63, 3.8) is 0 Å². The minimum atomic E-state index is -0.749. The van der Waals surface area contributed by atoms with E-state index >= 15 is 0 Å². The summed E-state index contributed by atoms with van der Waals surface area (Å²) in [5.41, 5.74) is 1.35. The first-order chi connectivity index (χ1) is 17.8. The number of thiazole rings is 1. The Morgan fingerprint density at radius 2 is 1.84 bits per heavy atom. The number of hydrogen-bond acceptors (Lipinski definition) is 9. The maximum absolute atomic E-state index is 13.8. The Morgan fingerprint density at radius 3 is 2.49 bits per heavy atom. The van der Waals surface area contributed by atoms with E-state index in [-0.39, 0.29) is 11.4 Å². The smallest absolute Gasteiger partial charge is 0.290 e. The van der Waals surface area contributed by atoms with Gasteiger partial charge in [-0.2, -0.15) is 0 Å². The molecule has 4 rings (SSSR count). The van der Waals surface area contributed by atoms with E-state index in [2.05, 4.69) is 9.88 Å². The summed E-state index contributed by atoms with van der Waals surface area (Å²) in [7, 11) is 0. The summed E-state index contributed by atoms with van der Waals surface area (Å²) >= 11 is 1.27. The fourth-order valence-corrected chi connectivity index (χ4v) is 5.73. The van der Waals surface area contributed by atoms with Crippen LogP contribution in [0.5, 0.6) is 11.5 Å². The monoisotopic (exact) mass is 529 g/mol. The molecule has 0 spiro atoms. The van der Waals surface area contributed by atoms with Crippen LogP contribution in [0.2, 0.25) is 0 Å². The third-order valence-electron chi connectivity index (χ3n) is 6.52. The summed E-state index contributed by atoms with van der Waals surface area (Å²) in [5, 5.41) is 11.8. The first kappa shape index (κ1) is 27.1. The van der Waals surface area contributed by atoms with Crippen LogP contribution in [0.3, 0.4) is 0 Å². The third-order valence-corrected chi connectivity index (χ3v) is 7.59. The average molecular weight is 530 g/mol. The standard InChI is InChI=1S/C27H35N3O6S/c1-5-35-20-9-8-19(16-21(20)36-6-2)23-22(24(31)26-17(3)28-18(4)37-26)25(32)27(33)30(23)11-7-10-29-12-14-34-15-13-29/h8-9,16,23,32H,5-7,10-15H2,1-4H3. The Morgan fingerprint density at radius 1 is 1.14 bits per heavy atom. The van der Waals surface area contributed by atoms with Crippen molar-refractivity contribution < 1.29 is 28.9 Å². The summed E-state index contributed by atoms with van der Waals surface area (Å²) in [6.07, 6.45) is 0.699. The van der Waals surface area contributed by atoms with E-state index in [4.69, 9.17) is 14.2 Å². The topological polar surface area (TPSA) is 101 Å². The van der Waals surface area contributed by atoms with E-state index in [1.165, 1.54) is 11.3 Å². The first-order valence-corrected chi connectivity index (χ1v) is 13.6. The van der Waals surface area contributed by atoms with Crippen molar-refractivity contribution in [1.82, 2.24) is 14.8 Å². The zero-order chi connectivity index (χ0) is 26.5. The van der Waals surface area contributed by atoms with Crippen molar-refractivity contribution in [2.24, 2.45) is 0 Å². The normalized spacial score (nSPS) is 18.5. The molecule has 1 unspecified atom stereocenters. The lowest BCUT2D eigenvalue weighted by atomic mass is 9.94. The van der Waals surface area contributed by atoms with Crippen molar-refractivity contribution in [3.05, 3.63) is 50.7 Å². The van der Waals surface area contributed by atoms with Gasteiger partial charge in [-0.1, -0.05) is 6.07 Å². The van der Waals surface area contributed by atoms with E-state index in [0.29, 0.717) is 67.0 Å². The van der Waals surface area contributed by atoms with Crippen LogP contribution in [0, 0.1) is 13.8 Å². The molecule has 3 heterocycles. The van der Waals surface area contributed by atoms with Crippen molar-refractivity contribution >= 4 is 23.0 Å². The van der Waals surface area contributed by atoms with E-state index < -0.39 is 17.7 Å². The zero-order valence-electron chi connectivity index (χ0n) is 21.9. The number of aliphatic hydroxyl groups excluding tert-OH is 1. The highest BCUT2D eigenvalue weighted by molar-refractivity contribution is 7.14. The maximum atomic E-state index is 13.8. The Kier molecular flexibility index (Phi) is 8.83. The molecular weight excluding hydrogens is 494 g/mol. The second-order valence-electron chi connectivity index (χ2n) is 9.02. The number of ketones is 1. The highest BCUT2D eigenvalue weighted by Gasteiger charge is 2.44. The minimum Gasteiger partial charge on any atom is -0.503 e. The molecule has 2 aliphatic rings. The van der Waals surface area contributed by atoms with Crippen LogP contribution in [0.4, 0.5) is 0 Å². The molecular formula is C27H35N3O6S.